The largest absolute Gasteiger partial charge is 0.214 e. The predicted molar refractivity (Wildman–Crippen MR) is 65.8 cm³/mol. The minimum absolute atomic E-state index is 0.0937. The summed E-state index contributed by atoms with van der Waals surface area (Å²) in [5.74, 6) is 0.601. The second-order valence-corrected chi connectivity index (χ2v) is 6.78. The summed E-state index contributed by atoms with van der Waals surface area (Å²) in [7, 11) is -3.12. The predicted octanol–water partition coefficient (Wildman–Crippen LogP) is 2.36. The molecule has 1 N–H and O–H groups in total. The number of sulfonamides is 1. The number of nitrogens with one attached hydrogen (secondary N) is 1. The molecule has 0 saturated heterocycles. The van der Waals surface area contributed by atoms with Crippen LogP contribution in [0.2, 0.25) is 0 Å². The van der Waals surface area contributed by atoms with Crippen LogP contribution in [0.1, 0.15) is 40.0 Å². The van der Waals surface area contributed by atoms with Crippen molar-refractivity contribution in [2.75, 3.05) is 12.3 Å². The van der Waals surface area contributed by atoms with E-state index >= 15 is 0 Å². The monoisotopic (exact) mass is 255 g/mol. The maximum Gasteiger partial charge on any atom is 0.211 e. The van der Waals surface area contributed by atoms with Gasteiger partial charge in [0.2, 0.25) is 10.0 Å². The molecule has 0 bridgehead atoms. The van der Waals surface area contributed by atoms with Crippen molar-refractivity contribution in [1.82, 2.24) is 4.72 Å². The maximum atomic E-state index is 11.5. The molecule has 1 unspecified atom stereocenters. The fourth-order valence-electron chi connectivity index (χ4n) is 1.10. The van der Waals surface area contributed by atoms with Crippen LogP contribution in [0.5, 0.6) is 0 Å². The summed E-state index contributed by atoms with van der Waals surface area (Å²) >= 11 is 5.92. The van der Waals surface area contributed by atoms with Gasteiger partial charge in [0.1, 0.15) is 0 Å². The van der Waals surface area contributed by atoms with Crippen LogP contribution in [0, 0.1) is 5.92 Å². The van der Waals surface area contributed by atoms with Crippen LogP contribution in [0.15, 0.2) is 0 Å². The van der Waals surface area contributed by atoms with Gasteiger partial charge in [-0.25, -0.2) is 13.1 Å². The van der Waals surface area contributed by atoms with Gasteiger partial charge in [-0.3, -0.25) is 0 Å². The fourth-order valence-corrected chi connectivity index (χ4v) is 2.86. The average Bonchev–Trinajstić information content (AvgIpc) is 2.13. The van der Waals surface area contributed by atoms with E-state index < -0.39 is 10.0 Å². The van der Waals surface area contributed by atoms with Gasteiger partial charge in [0.15, 0.2) is 0 Å². The molecule has 0 aliphatic carbocycles. The minimum Gasteiger partial charge on any atom is -0.214 e. The van der Waals surface area contributed by atoms with Gasteiger partial charge < -0.3 is 0 Å². The summed E-state index contributed by atoms with van der Waals surface area (Å²) in [6.07, 6.45) is 2.51. The van der Waals surface area contributed by atoms with Crippen molar-refractivity contribution >= 4 is 21.6 Å². The summed E-state index contributed by atoms with van der Waals surface area (Å²) < 4.78 is 25.5. The highest BCUT2D eigenvalue weighted by Crippen LogP contribution is 2.05. The first-order chi connectivity index (χ1) is 6.87. The molecule has 0 aliphatic heterocycles. The third-order valence-corrected chi connectivity index (χ3v) is 3.84. The molecule has 0 amide bonds. The summed E-state index contributed by atoms with van der Waals surface area (Å²) in [6.45, 7) is 6.40. The summed E-state index contributed by atoms with van der Waals surface area (Å²) in [5, 5.41) is -0.0937. The van der Waals surface area contributed by atoms with Crippen molar-refractivity contribution in [1.29, 1.82) is 0 Å². The number of hydrogen-bond acceptors (Lipinski definition) is 2. The smallest absolute Gasteiger partial charge is 0.211 e. The molecule has 0 saturated carbocycles. The van der Waals surface area contributed by atoms with Gasteiger partial charge in [-0.1, -0.05) is 27.2 Å². The lowest BCUT2D eigenvalue weighted by molar-refractivity contribution is 0.558. The highest BCUT2D eigenvalue weighted by atomic mass is 35.5. The molecule has 0 heterocycles. The van der Waals surface area contributed by atoms with Gasteiger partial charge in [0.05, 0.1) is 5.75 Å². The number of halogens is 1. The lowest BCUT2D eigenvalue weighted by Gasteiger charge is -2.11. The molecule has 0 spiro atoms. The number of alkyl halides is 1. The SMILES string of the molecule is CCCC(Cl)CNS(=O)(=O)CCC(C)C. The standard InChI is InChI=1S/C10H22ClNO2S/c1-4-5-10(11)8-12-15(13,14)7-6-9(2)3/h9-10,12H,4-8H2,1-3H3. The second kappa shape index (κ2) is 7.47. The molecule has 0 aromatic carbocycles. The van der Waals surface area contributed by atoms with Crippen LogP contribution in [0.25, 0.3) is 0 Å². The van der Waals surface area contributed by atoms with Gasteiger partial charge >= 0.3 is 0 Å². The normalized spacial score (nSPS) is 14.5. The minimum atomic E-state index is -3.12. The Balaban J connectivity index is 3.83. The van der Waals surface area contributed by atoms with E-state index in [4.69, 9.17) is 11.6 Å². The molecule has 3 nitrogen and oxygen atoms in total. The summed E-state index contributed by atoms with van der Waals surface area (Å²) in [6, 6.07) is 0. The van der Waals surface area contributed by atoms with Crippen molar-refractivity contribution < 1.29 is 8.42 Å². The lowest BCUT2D eigenvalue weighted by Crippen LogP contribution is -2.32. The van der Waals surface area contributed by atoms with E-state index in [1.807, 2.05) is 20.8 Å². The van der Waals surface area contributed by atoms with Crippen molar-refractivity contribution in [2.24, 2.45) is 5.92 Å². The molecule has 0 aliphatic rings. The van der Waals surface area contributed by atoms with E-state index in [0.29, 0.717) is 18.9 Å². The Bertz CT molecular complexity index is 252. The first kappa shape index (κ1) is 15.2. The summed E-state index contributed by atoms with van der Waals surface area (Å²) in [4.78, 5) is 0. The van der Waals surface area contributed by atoms with Crippen LogP contribution in [0.4, 0.5) is 0 Å². The van der Waals surface area contributed by atoms with Crippen LogP contribution in [-0.2, 0) is 10.0 Å². The molecule has 15 heavy (non-hydrogen) atoms. The van der Waals surface area contributed by atoms with E-state index in [1.165, 1.54) is 0 Å². The van der Waals surface area contributed by atoms with Crippen LogP contribution in [-0.4, -0.2) is 26.1 Å². The van der Waals surface area contributed by atoms with Crippen molar-refractivity contribution in [3.63, 3.8) is 0 Å². The molecular formula is C10H22ClNO2S. The highest BCUT2D eigenvalue weighted by Gasteiger charge is 2.13. The fraction of sp³-hybridized carbons (Fsp3) is 1.00. The van der Waals surface area contributed by atoms with Crippen molar-refractivity contribution in [3.05, 3.63) is 0 Å². The van der Waals surface area contributed by atoms with Crippen LogP contribution < -0.4 is 4.72 Å². The third kappa shape index (κ3) is 9.15. The zero-order valence-electron chi connectivity index (χ0n) is 9.79. The van der Waals surface area contributed by atoms with E-state index in [-0.39, 0.29) is 11.1 Å². The Kier molecular flexibility index (Phi) is 7.57. The molecule has 0 fully saturated rings. The Morgan fingerprint density at radius 2 is 1.87 bits per heavy atom. The first-order valence-corrected chi connectivity index (χ1v) is 7.57. The summed E-state index contributed by atoms with van der Waals surface area (Å²) in [5.41, 5.74) is 0. The van der Waals surface area contributed by atoms with Gasteiger partial charge in [0.25, 0.3) is 0 Å². The zero-order valence-corrected chi connectivity index (χ0v) is 11.4. The van der Waals surface area contributed by atoms with E-state index in [0.717, 1.165) is 12.8 Å². The Labute approximate surface area is 98.6 Å². The molecule has 5 heteroatoms. The number of hydrogen-bond donors (Lipinski definition) is 1. The average molecular weight is 256 g/mol. The van der Waals surface area contributed by atoms with Crippen molar-refractivity contribution in [3.8, 4) is 0 Å². The van der Waals surface area contributed by atoms with E-state index in [9.17, 15) is 8.42 Å². The number of rotatable bonds is 8. The van der Waals surface area contributed by atoms with E-state index in [1.54, 1.807) is 0 Å². The third-order valence-electron chi connectivity index (χ3n) is 2.09. The molecule has 92 valence electrons. The zero-order chi connectivity index (χ0) is 11.9. The highest BCUT2D eigenvalue weighted by molar-refractivity contribution is 7.89. The molecule has 0 radical (unpaired) electrons. The molecule has 1 atom stereocenters. The van der Waals surface area contributed by atoms with Crippen LogP contribution in [0.3, 0.4) is 0 Å². The Morgan fingerprint density at radius 3 is 2.33 bits per heavy atom. The Hall–Kier alpha value is 0.200. The lowest BCUT2D eigenvalue weighted by atomic mass is 10.2. The second-order valence-electron chi connectivity index (χ2n) is 4.24. The quantitative estimate of drug-likeness (QED) is 0.677. The first-order valence-electron chi connectivity index (χ1n) is 5.48. The topological polar surface area (TPSA) is 46.2 Å². The van der Waals surface area contributed by atoms with Gasteiger partial charge in [0, 0.05) is 11.9 Å². The molecule has 0 aromatic heterocycles. The van der Waals surface area contributed by atoms with Gasteiger partial charge in [-0.15, -0.1) is 11.6 Å². The molecular weight excluding hydrogens is 234 g/mol. The molecule has 0 aromatic rings. The van der Waals surface area contributed by atoms with Gasteiger partial charge in [-0.05, 0) is 18.8 Å². The molecule has 0 rings (SSSR count). The van der Waals surface area contributed by atoms with E-state index in [2.05, 4.69) is 4.72 Å². The van der Waals surface area contributed by atoms with Crippen molar-refractivity contribution in [2.45, 2.75) is 45.4 Å². The maximum absolute atomic E-state index is 11.5. The van der Waals surface area contributed by atoms with Crippen LogP contribution >= 0.6 is 11.6 Å². The van der Waals surface area contributed by atoms with Gasteiger partial charge in [-0.2, -0.15) is 0 Å². The Morgan fingerprint density at radius 1 is 1.27 bits per heavy atom.